The molecule has 0 saturated carbocycles. The number of hydrogen-bond acceptors (Lipinski definition) is 6. The highest BCUT2D eigenvalue weighted by Crippen LogP contribution is 2.15. The number of unbranched alkanes of at least 4 members (excludes halogenated alkanes) is 34. The minimum absolute atomic E-state index is 0.0784. The van der Waals surface area contributed by atoms with Gasteiger partial charge >= 0.3 is 17.9 Å². The van der Waals surface area contributed by atoms with Crippen LogP contribution in [0, 0.1) is 0 Å². The van der Waals surface area contributed by atoms with Gasteiger partial charge in [0.05, 0.1) is 0 Å². The third-order valence-electron chi connectivity index (χ3n) is 12.3. The SMILES string of the molecule is CCCCCCCC=CCCCCCCCCCC(=O)OCC(COC(=O)CCCCCCCC=CCCCCCCCC)OC(=O)CCCCCCCC=CCCCCCCCC. The fourth-order valence-corrected chi connectivity index (χ4v) is 8.07. The molecule has 0 saturated heterocycles. The summed E-state index contributed by atoms with van der Waals surface area (Å²) < 4.78 is 16.8. The molecule has 6 heteroatoms. The molecule has 0 fully saturated rings. The van der Waals surface area contributed by atoms with Crippen molar-refractivity contribution in [3.05, 3.63) is 36.5 Å². The van der Waals surface area contributed by atoms with Crippen LogP contribution in [-0.4, -0.2) is 37.2 Å². The molecular weight excluding hydrogens is 793 g/mol. The first kappa shape index (κ1) is 61.6. The fraction of sp³-hybridized carbons (Fsp3) is 0.845. The Hall–Kier alpha value is -2.37. The van der Waals surface area contributed by atoms with Crippen LogP contribution in [0.15, 0.2) is 36.5 Å². The zero-order valence-corrected chi connectivity index (χ0v) is 42.8. The molecule has 0 rings (SSSR count). The Morgan fingerprint density at radius 1 is 0.297 bits per heavy atom. The van der Waals surface area contributed by atoms with Crippen molar-refractivity contribution in [2.45, 2.75) is 303 Å². The topological polar surface area (TPSA) is 78.9 Å². The Balaban J connectivity index is 4.38. The van der Waals surface area contributed by atoms with Crippen molar-refractivity contribution < 1.29 is 28.6 Å². The maximum Gasteiger partial charge on any atom is 0.306 e. The molecule has 64 heavy (non-hydrogen) atoms. The summed E-state index contributed by atoms with van der Waals surface area (Å²) in [4.78, 5) is 38.1. The summed E-state index contributed by atoms with van der Waals surface area (Å²) >= 11 is 0. The van der Waals surface area contributed by atoms with Crippen molar-refractivity contribution in [2.24, 2.45) is 0 Å². The number of rotatable bonds is 51. The maximum absolute atomic E-state index is 12.8. The van der Waals surface area contributed by atoms with E-state index in [1.54, 1.807) is 0 Å². The lowest BCUT2D eigenvalue weighted by Crippen LogP contribution is -2.30. The fourth-order valence-electron chi connectivity index (χ4n) is 8.07. The normalized spacial score (nSPS) is 12.2. The summed E-state index contributed by atoms with van der Waals surface area (Å²) in [5.41, 5.74) is 0. The number of hydrogen-bond donors (Lipinski definition) is 0. The summed E-state index contributed by atoms with van der Waals surface area (Å²) in [5.74, 6) is -0.886. The van der Waals surface area contributed by atoms with Crippen LogP contribution in [0.5, 0.6) is 0 Å². The highest BCUT2D eigenvalue weighted by molar-refractivity contribution is 5.71. The number of allylic oxidation sites excluding steroid dienone is 6. The molecule has 1 unspecified atom stereocenters. The Bertz CT molecular complexity index is 1080. The van der Waals surface area contributed by atoms with Crippen LogP contribution in [0.2, 0.25) is 0 Å². The van der Waals surface area contributed by atoms with E-state index < -0.39 is 6.10 Å². The van der Waals surface area contributed by atoms with Gasteiger partial charge in [0, 0.05) is 19.3 Å². The Labute approximate surface area is 397 Å². The molecule has 1 atom stereocenters. The molecule has 374 valence electrons. The highest BCUT2D eigenvalue weighted by Gasteiger charge is 2.19. The summed E-state index contributed by atoms with van der Waals surface area (Å²) in [5, 5.41) is 0. The van der Waals surface area contributed by atoms with Crippen LogP contribution in [0.1, 0.15) is 297 Å². The average molecular weight is 899 g/mol. The molecule has 0 N–H and O–H groups in total. The molecular formula is C58H106O6. The summed E-state index contributed by atoms with van der Waals surface area (Å²) in [6, 6.07) is 0. The summed E-state index contributed by atoms with van der Waals surface area (Å²) in [6.07, 6.45) is 62.7. The van der Waals surface area contributed by atoms with Crippen LogP contribution >= 0.6 is 0 Å². The predicted molar refractivity (Wildman–Crippen MR) is 275 cm³/mol. The van der Waals surface area contributed by atoms with Gasteiger partial charge in [0.1, 0.15) is 13.2 Å². The van der Waals surface area contributed by atoms with Gasteiger partial charge in [-0.2, -0.15) is 0 Å². The van der Waals surface area contributed by atoms with E-state index in [-0.39, 0.29) is 31.1 Å². The molecule has 0 aliphatic rings. The second-order valence-corrected chi connectivity index (χ2v) is 18.8. The van der Waals surface area contributed by atoms with Gasteiger partial charge in [-0.25, -0.2) is 0 Å². The average Bonchev–Trinajstić information content (AvgIpc) is 3.29. The Morgan fingerprint density at radius 3 is 0.781 bits per heavy atom. The molecule has 0 aliphatic heterocycles. The van der Waals surface area contributed by atoms with E-state index in [0.29, 0.717) is 19.3 Å². The van der Waals surface area contributed by atoms with E-state index in [1.807, 2.05) is 0 Å². The van der Waals surface area contributed by atoms with Crippen molar-refractivity contribution in [1.29, 1.82) is 0 Å². The Kier molecular flexibility index (Phi) is 51.3. The third-order valence-corrected chi connectivity index (χ3v) is 12.3. The van der Waals surface area contributed by atoms with E-state index in [0.717, 1.165) is 70.6 Å². The minimum Gasteiger partial charge on any atom is -0.462 e. The summed E-state index contributed by atoms with van der Waals surface area (Å²) in [7, 11) is 0. The van der Waals surface area contributed by atoms with Crippen molar-refractivity contribution in [1.82, 2.24) is 0 Å². The van der Waals surface area contributed by atoms with E-state index in [2.05, 4.69) is 57.2 Å². The lowest BCUT2D eigenvalue weighted by atomic mass is 10.1. The van der Waals surface area contributed by atoms with Crippen molar-refractivity contribution >= 4 is 17.9 Å². The van der Waals surface area contributed by atoms with Crippen LogP contribution in [-0.2, 0) is 28.6 Å². The van der Waals surface area contributed by atoms with E-state index in [4.69, 9.17) is 14.2 Å². The molecule has 0 radical (unpaired) electrons. The van der Waals surface area contributed by atoms with Gasteiger partial charge in [-0.05, 0) is 96.3 Å². The second-order valence-electron chi connectivity index (χ2n) is 18.8. The van der Waals surface area contributed by atoms with Gasteiger partial charge in [0.15, 0.2) is 6.10 Å². The number of carbonyl (C=O) groups excluding carboxylic acids is 3. The predicted octanol–water partition coefficient (Wildman–Crippen LogP) is 18.5. The van der Waals surface area contributed by atoms with Crippen molar-refractivity contribution in [2.75, 3.05) is 13.2 Å². The van der Waals surface area contributed by atoms with Gasteiger partial charge in [-0.3, -0.25) is 14.4 Å². The van der Waals surface area contributed by atoms with Crippen LogP contribution in [0.3, 0.4) is 0 Å². The Morgan fingerprint density at radius 2 is 0.516 bits per heavy atom. The summed E-state index contributed by atoms with van der Waals surface area (Å²) in [6.45, 7) is 6.63. The molecule has 0 bridgehead atoms. The van der Waals surface area contributed by atoms with Crippen molar-refractivity contribution in [3.8, 4) is 0 Å². The van der Waals surface area contributed by atoms with Gasteiger partial charge in [0.2, 0.25) is 0 Å². The third kappa shape index (κ3) is 50.6. The first-order chi connectivity index (χ1) is 31.5. The van der Waals surface area contributed by atoms with E-state index in [1.165, 1.54) is 186 Å². The van der Waals surface area contributed by atoms with Crippen LogP contribution in [0.4, 0.5) is 0 Å². The molecule has 0 aliphatic carbocycles. The number of ether oxygens (including phenoxy) is 3. The van der Waals surface area contributed by atoms with Crippen molar-refractivity contribution in [3.63, 3.8) is 0 Å². The molecule has 0 aromatic heterocycles. The van der Waals surface area contributed by atoms with E-state index in [9.17, 15) is 14.4 Å². The molecule has 0 heterocycles. The van der Waals surface area contributed by atoms with Crippen LogP contribution in [0.25, 0.3) is 0 Å². The monoisotopic (exact) mass is 899 g/mol. The zero-order chi connectivity index (χ0) is 46.5. The number of carbonyl (C=O) groups is 3. The lowest BCUT2D eigenvalue weighted by molar-refractivity contribution is -0.167. The minimum atomic E-state index is -0.779. The molecule has 0 aromatic carbocycles. The van der Waals surface area contributed by atoms with Gasteiger partial charge in [-0.1, -0.05) is 218 Å². The first-order valence-electron chi connectivity index (χ1n) is 28.0. The highest BCUT2D eigenvalue weighted by atomic mass is 16.6. The first-order valence-corrected chi connectivity index (χ1v) is 28.0. The van der Waals surface area contributed by atoms with Gasteiger partial charge in [-0.15, -0.1) is 0 Å². The molecule has 0 aromatic rings. The van der Waals surface area contributed by atoms with Crippen LogP contribution < -0.4 is 0 Å². The molecule has 6 nitrogen and oxygen atoms in total. The lowest BCUT2D eigenvalue weighted by Gasteiger charge is -2.18. The zero-order valence-electron chi connectivity index (χ0n) is 42.8. The largest absolute Gasteiger partial charge is 0.462 e. The quantitative estimate of drug-likeness (QED) is 0.0262. The van der Waals surface area contributed by atoms with Gasteiger partial charge < -0.3 is 14.2 Å². The number of esters is 3. The smallest absolute Gasteiger partial charge is 0.306 e. The van der Waals surface area contributed by atoms with Gasteiger partial charge in [0.25, 0.3) is 0 Å². The standard InChI is InChI=1S/C58H106O6/c1-4-7-10-13-16-19-22-25-28-31-33-36-39-42-45-48-51-57(60)63-54-55(64-58(61)52-49-46-43-40-37-34-30-27-24-21-18-15-12-9-6-3)53-62-56(59)50-47-44-41-38-35-32-29-26-23-20-17-14-11-8-5-2/h22,25-27,29-30,55H,4-21,23-24,28,31-54H2,1-3H3. The molecule has 0 amide bonds. The molecule has 0 spiro atoms. The maximum atomic E-state index is 12.8. The van der Waals surface area contributed by atoms with E-state index >= 15 is 0 Å². The second kappa shape index (κ2) is 53.2.